The molecule has 0 saturated carbocycles. The number of aliphatic hydroxyl groups is 1. The molecule has 0 saturated heterocycles. The largest absolute Gasteiger partial charge is 0.381 e. The Labute approximate surface area is 111 Å². The Morgan fingerprint density at radius 3 is 2.16 bits per heavy atom. The maximum absolute atomic E-state index is 13.3. The average molecular weight is 262 g/mol. The maximum Gasteiger partial charge on any atom is 0.126 e. The van der Waals surface area contributed by atoms with Crippen molar-refractivity contribution >= 4 is 0 Å². The maximum atomic E-state index is 13.3. The molecule has 0 radical (unpaired) electrons. The lowest BCUT2D eigenvalue weighted by Crippen LogP contribution is -2.24. The predicted octanol–water partition coefficient (Wildman–Crippen LogP) is 3.84. The van der Waals surface area contributed by atoms with Gasteiger partial charge >= 0.3 is 0 Å². The molecule has 2 aromatic rings. The van der Waals surface area contributed by atoms with E-state index in [0.29, 0.717) is 5.56 Å². The van der Waals surface area contributed by atoms with Crippen molar-refractivity contribution in [3.63, 3.8) is 0 Å². The molecule has 1 N–H and O–H groups in total. The van der Waals surface area contributed by atoms with E-state index < -0.39 is 17.2 Å². The van der Waals surface area contributed by atoms with E-state index in [9.17, 15) is 13.9 Å². The summed E-state index contributed by atoms with van der Waals surface area (Å²) in [6.07, 6.45) is 0. The van der Waals surface area contributed by atoms with Crippen LogP contribution in [0.25, 0.3) is 0 Å². The lowest BCUT2D eigenvalue weighted by molar-refractivity contribution is 0.101. The Morgan fingerprint density at radius 2 is 1.58 bits per heavy atom. The summed E-state index contributed by atoms with van der Waals surface area (Å²) < 4.78 is 26.6. The van der Waals surface area contributed by atoms with Gasteiger partial charge in [0.15, 0.2) is 0 Å². The predicted molar refractivity (Wildman–Crippen MR) is 70.9 cm³/mol. The van der Waals surface area contributed by atoms with Gasteiger partial charge in [0.1, 0.15) is 17.2 Å². The summed E-state index contributed by atoms with van der Waals surface area (Å²) in [6, 6.07) is 8.63. The minimum atomic E-state index is -1.43. The van der Waals surface area contributed by atoms with E-state index in [-0.39, 0.29) is 5.56 Å². The molecule has 2 aromatic carbocycles. The van der Waals surface area contributed by atoms with Gasteiger partial charge in [0.05, 0.1) is 0 Å². The van der Waals surface area contributed by atoms with E-state index in [1.54, 1.807) is 13.0 Å². The van der Waals surface area contributed by atoms with Crippen LogP contribution in [0.15, 0.2) is 36.4 Å². The molecule has 3 heteroatoms. The zero-order valence-electron chi connectivity index (χ0n) is 11.2. The molecular formula is C16H16F2O. The first-order chi connectivity index (χ1) is 8.82. The molecule has 19 heavy (non-hydrogen) atoms. The van der Waals surface area contributed by atoms with Crippen LogP contribution < -0.4 is 0 Å². The number of halogens is 2. The molecule has 1 unspecified atom stereocenters. The zero-order valence-corrected chi connectivity index (χ0v) is 11.2. The number of benzene rings is 2. The normalized spacial score (nSPS) is 14.2. The summed E-state index contributed by atoms with van der Waals surface area (Å²) in [7, 11) is 0. The average Bonchev–Trinajstić information content (AvgIpc) is 2.31. The Kier molecular flexibility index (Phi) is 3.42. The van der Waals surface area contributed by atoms with Crippen LogP contribution in [0.5, 0.6) is 0 Å². The molecule has 0 aliphatic rings. The Hall–Kier alpha value is -1.74. The molecular weight excluding hydrogens is 246 g/mol. The molecule has 0 aromatic heterocycles. The third-order valence-corrected chi connectivity index (χ3v) is 3.55. The first-order valence-corrected chi connectivity index (χ1v) is 6.08. The Balaban J connectivity index is 2.61. The van der Waals surface area contributed by atoms with Gasteiger partial charge in [0, 0.05) is 6.07 Å². The van der Waals surface area contributed by atoms with E-state index in [4.69, 9.17) is 0 Å². The smallest absolute Gasteiger partial charge is 0.126 e. The van der Waals surface area contributed by atoms with Crippen molar-refractivity contribution in [3.05, 3.63) is 70.3 Å². The SMILES string of the molecule is Cc1cccc(C(C)(O)c2cc(F)cc(F)c2)c1C. The van der Waals surface area contributed by atoms with Crippen molar-refractivity contribution in [2.45, 2.75) is 26.4 Å². The van der Waals surface area contributed by atoms with E-state index >= 15 is 0 Å². The van der Waals surface area contributed by atoms with Crippen LogP contribution in [0.2, 0.25) is 0 Å². The number of aryl methyl sites for hydroxylation is 1. The van der Waals surface area contributed by atoms with Crippen LogP contribution in [0.4, 0.5) is 8.78 Å². The molecule has 0 fully saturated rings. The van der Waals surface area contributed by atoms with E-state index in [2.05, 4.69) is 0 Å². The minimum Gasteiger partial charge on any atom is -0.381 e. The van der Waals surface area contributed by atoms with Gasteiger partial charge in [-0.1, -0.05) is 18.2 Å². The second-order valence-corrected chi connectivity index (χ2v) is 4.98. The van der Waals surface area contributed by atoms with Crippen molar-refractivity contribution in [2.75, 3.05) is 0 Å². The fourth-order valence-corrected chi connectivity index (χ4v) is 2.27. The van der Waals surface area contributed by atoms with Gasteiger partial charge in [-0.15, -0.1) is 0 Å². The van der Waals surface area contributed by atoms with Crippen LogP contribution in [0.1, 0.15) is 29.2 Å². The molecule has 2 rings (SSSR count). The second-order valence-electron chi connectivity index (χ2n) is 4.98. The van der Waals surface area contributed by atoms with Crippen LogP contribution in [-0.4, -0.2) is 5.11 Å². The molecule has 0 amide bonds. The number of rotatable bonds is 2. The fourth-order valence-electron chi connectivity index (χ4n) is 2.27. The molecule has 0 heterocycles. The molecule has 1 atom stereocenters. The summed E-state index contributed by atoms with van der Waals surface area (Å²) in [5, 5.41) is 10.7. The van der Waals surface area contributed by atoms with Crippen LogP contribution in [0.3, 0.4) is 0 Å². The van der Waals surface area contributed by atoms with Gasteiger partial charge in [-0.05, 0) is 55.2 Å². The first-order valence-electron chi connectivity index (χ1n) is 6.08. The summed E-state index contributed by atoms with van der Waals surface area (Å²) in [5.41, 5.74) is 1.36. The monoisotopic (exact) mass is 262 g/mol. The summed E-state index contributed by atoms with van der Waals surface area (Å²) in [6.45, 7) is 5.36. The van der Waals surface area contributed by atoms with Crippen molar-refractivity contribution in [2.24, 2.45) is 0 Å². The van der Waals surface area contributed by atoms with Crippen molar-refractivity contribution in [1.29, 1.82) is 0 Å². The van der Waals surface area contributed by atoms with Gasteiger partial charge < -0.3 is 5.11 Å². The van der Waals surface area contributed by atoms with Gasteiger partial charge in [0.25, 0.3) is 0 Å². The first kappa shape index (κ1) is 13.7. The summed E-state index contributed by atoms with van der Waals surface area (Å²) in [5.74, 6) is -1.39. The van der Waals surface area contributed by atoms with Gasteiger partial charge in [-0.25, -0.2) is 8.78 Å². The highest BCUT2D eigenvalue weighted by Crippen LogP contribution is 2.33. The summed E-state index contributed by atoms with van der Waals surface area (Å²) in [4.78, 5) is 0. The highest BCUT2D eigenvalue weighted by atomic mass is 19.1. The van der Waals surface area contributed by atoms with Gasteiger partial charge in [-0.2, -0.15) is 0 Å². The topological polar surface area (TPSA) is 20.2 Å². The quantitative estimate of drug-likeness (QED) is 0.872. The molecule has 1 nitrogen and oxygen atoms in total. The zero-order chi connectivity index (χ0) is 14.2. The highest BCUT2D eigenvalue weighted by molar-refractivity contribution is 5.43. The Bertz CT molecular complexity index is 598. The van der Waals surface area contributed by atoms with Gasteiger partial charge in [0.2, 0.25) is 0 Å². The van der Waals surface area contributed by atoms with Crippen LogP contribution in [0, 0.1) is 25.5 Å². The lowest BCUT2D eigenvalue weighted by Gasteiger charge is -2.27. The minimum absolute atomic E-state index is 0.207. The number of hydrogen-bond acceptors (Lipinski definition) is 1. The summed E-state index contributed by atoms with van der Waals surface area (Å²) >= 11 is 0. The Morgan fingerprint density at radius 1 is 1.00 bits per heavy atom. The molecule has 0 aliphatic carbocycles. The van der Waals surface area contributed by atoms with E-state index in [1.165, 1.54) is 0 Å². The standard InChI is InChI=1S/C16H16F2O/c1-10-5-4-6-15(11(10)2)16(3,19)12-7-13(17)9-14(18)8-12/h4-9,19H,1-3H3. The fraction of sp³-hybridized carbons (Fsp3) is 0.250. The molecule has 0 aliphatic heterocycles. The molecule has 100 valence electrons. The second kappa shape index (κ2) is 4.74. The lowest BCUT2D eigenvalue weighted by atomic mass is 9.84. The van der Waals surface area contributed by atoms with E-state index in [1.807, 2.05) is 26.0 Å². The van der Waals surface area contributed by atoms with Crippen LogP contribution in [-0.2, 0) is 5.60 Å². The van der Waals surface area contributed by atoms with E-state index in [0.717, 1.165) is 29.3 Å². The molecule has 0 bridgehead atoms. The van der Waals surface area contributed by atoms with Crippen molar-refractivity contribution in [3.8, 4) is 0 Å². The molecule has 0 spiro atoms. The van der Waals surface area contributed by atoms with Gasteiger partial charge in [-0.3, -0.25) is 0 Å². The highest BCUT2D eigenvalue weighted by Gasteiger charge is 2.28. The van der Waals surface area contributed by atoms with Crippen molar-refractivity contribution < 1.29 is 13.9 Å². The number of hydrogen-bond donors (Lipinski definition) is 1. The third kappa shape index (κ3) is 2.51. The van der Waals surface area contributed by atoms with Crippen molar-refractivity contribution in [1.82, 2.24) is 0 Å². The van der Waals surface area contributed by atoms with Crippen LogP contribution >= 0.6 is 0 Å². The third-order valence-electron chi connectivity index (χ3n) is 3.55.